The molecule has 0 saturated carbocycles. The molecule has 5 heteroatoms. The third-order valence-corrected chi connectivity index (χ3v) is 1.39. The maximum absolute atomic E-state index is 9.24. The van der Waals surface area contributed by atoms with Gasteiger partial charge in [-0.2, -0.15) is 5.26 Å². The summed E-state index contributed by atoms with van der Waals surface area (Å²) in [6.45, 7) is 0.748. The van der Waals surface area contributed by atoms with Gasteiger partial charge in [-0.15, -0.1) is 0 Å². The number of aliphatic carboxylic acids is 1. The van der Waals surface area contributed by atoms with Gasteiger partial charge in [0.15, 0.2) is 0 Å². The lowest BCUT2D eigenvalue weighted by molar-refractivity contribution is -0.135. The summed E-state index contributed by atoms with van der Waals surface area (Å²) in [6.07, 6.45) is 2.20. The van der Waals surface area contributed by atoms with E-state index in [9.17, 15) is 4.79 Å². The first-order valence-corrected chi connectivity index (χ1v) is 3.75. The number of hydrogen-bond acceptors (Lipinski definition) is 4. The molecule has 1 heterocycles. The van der Waals surface area contributed by atoms with Crippen LogP contribution in [0.3, 0.4) is 0 Å². The van der Waals surface area contributed by atoms with E-state index < -0.39 is 5.97 Å². The molecule has 1 rings (SSSR count). The minimum Gasteiger partial charge on any atom is -0.480 e. The van der Waals surface area contributed by atoms with Gasteiger partial charge in [0.2, 0.25) is 0 Å². The van der Waals surface area contributed by atoms with Gasteiger partial charge in [-0.1, -0.05) is 0 Å². The second kappa shape index (κ2) is 6.58. The van der Waals surface area contributed by atoms with Crippen molar-refractivity contribution in [2.24, 2.45) is 5.73 Å². The monoisotopic (exact) mass is 171 g/mol. The average molecular weight is 171 g/mol. The summed E-state index contributed by atoms with van der Waals surface area (Å²) in [5, 5.41) is 18.9. The van der Waals surface area contributed by atoms with Crippen molar-refractivity contribution in [1.29, 1.82) is 5.26 Å². The van der Waals surface area contributed by atoms with Crippen LogP contribution in [0.1, 0.15) is 12.8 Å². The van der Waals surface area contributed by atoms with Crippen LogP contribution < -0.4 is 11.1 Å². The normalized spacial score (nSPS) is 20.5. The van der Waals surface area contributed by atoms with Gasteiger partial charge >= 0.3 is 5.97 Å². The molecule has 0 spiro atoms. The van der Waals surface area contributed by atoms with Crippen molar-refractivity contribution in [3.63, 3.8) is 0 Å². The van der Waals surface area contributed by atoms with Crippen molar-refractivity contribution < 1.29 is 9.90 Å². The van der Waals surface area contributed by atoms with Crippen molar-refractivity contribution in [2.75, 3.05) is 13.1 Å². The number of hydrogen-bond donors (Lipinski definition) is 3. The van der Waals surface area contributed by atoms with E-state index >= 15 is 0 Å². The number of nitrogens with two attached hydrogens (primary N) is 1. The maximum Gasteiger partial charge on any atom is 0.317 e. The van der Waals surface area contributed by atoms with Gasteiger partial charge in [-0.05, 0) is 19.4 Å². The number of nitriles is 1. The fourth-order valence-corrected chi connectivity index (χ4v) is 0.795. The zero-order chi connectivity index (χ0) is 9.40. The highest BCUT2D eigenvalue weighted by Crippen LogP contribution is 2.01. The number of rotatable bonds is 1. The highest BCUT2D eigenvalue weighted by molar-refractivity contribution is 5.68. The fraction of sp³-hybridized carbons (Fsp3) is 0.714. The van der Waals surface area contributed by atoms with Gasteiger partial charge in [0.25, 0.3) is 0 Å². The molecule has 1 aliphatic rings. The van der Waals surface area contributed by atoms with Gasteiger partial charge < -0.3 is 16.2 Å². The molecule has 12 heavy (non-hydrogen) atoms. The highest BCUT2D eigenvalue weighted by atomic mass is 16.4. The molecule has 0 aromatic rings. The summed E-state index contributed by atoms with van der Waals surface area (Å²) in [7, 11) is 0. The third-order valence-electron chi connectivity index (χ3n) is 1.39. The minimum absolute atomic E-state index is 0.153. The van der Waals surface area contributed by atoms with Gasteiger partial charge in [0.05, 0.1) is 18.7 Å². The van der Waals surface area contributed by atoms with Crippen LogP contribution in [0, 0.1) is 11.3 Å². The second-order valence-corrected chi connectivity index (χ2v) is 2.38. The lowest BCUT2D eigenvalue weighted by Crippen LogP contribution is -2.18. The smallest absolute Gasteiger partial charge is 0.317 e. The molecule has 68 valence electrons. The molecule has 1 atom stereocenters. The molecule has 0 aliphatic carbocycles. The largest absolute Gasteiger partial charge is 0.480 e. The summed E-state index contributed by atoms with van der Waals surface area (Å²) in [5.74, 6) is -0.968. The Balaban J connectivity index is 0.000000217. The van der Waals surface area contributed by atoms with E-state index in [-0.39, 0.29) is 12.6 Å². The lowest BCUT2D eigenvalue weighted by atomic mass is 10.2. The third kappa shape index (κ3) is 5.65. The van der Waals surface area contributed by atoms with Crippen molar-refractivity contribution in [1.82, 2.24) is 5.32 Å². The summed E-state index contributed by atoms with van der Waals surface area (Å²) >= 11 is 0. The average Bonchev–Trinajstić information content (AvgIpc) is 2.57. The van der Waals surface area contributed by atoms with Crippen molar-refractivity contribution in [3.8, 4) is 6.07 Å². The molecule has 1 aliphatic heterocycles. The summed E-state index contributed by atoms with van der Waals surface area (Å²) in [5.41, 5.74) is 4.57. The Morgan fingerprint density at radius 2 is 2.42 bits per heavy atom. The molecule has 1 saturated heterocycles. The zero-order valence-electron chi connectivity index (χ0n) is 6.79. The number of nitrogens with zero attached hydrogens (tertiary/aromatic N) is 1. The minimum atomic E-state index is -0.968. The van der Waals surface area contributed by atoms with Gasteiger partial charge in [0, 0.05) is 0 Å². The Hall–Kier alpha value is -1.12. The van der Waals surface area contributed by atoms with Crippen LogP contribution in [-0.2, 0) is 4.79 Å². The quantitative estimate of drug-likeness (QED) is 0.484. The number of carboxylic acids is 1. The van der Waals surface area contributed by atoms with Crippen LogP contribution >= 0.6 is 0 Å². The van der Waals surface area contributed by atoms with Gasteiger partial charge in [-0.3, -0.25) is 4.79 Å². The highest BCUT2D eigenvalue weighted by Gasteiger charge is 2.10. The molecule has 5 nitrogen and oxygen atoms in total. The Labute approximate surface area is 71.2 Å². The molecule has 0 aromatic heterocycles. The summed E-state index contributed by atoms with van der Waals surface area (Å²) in [4.78, 5) is 9.24. The van der Waals surface area contributed by atoms with Crippen molar-refractivity contribution in [3.05, 3.63) is 0 Å². The van der Waals surface area contributed by atoms with Crippen LogP contribution in [-0.4, -0.2) is 30.2 Å². The van der Waals surface area contributed by atoms with E-state index in [1.165, 1.54) is 0 Å². The summed E-state index contributed by atoms with van der Waals surface area (Å²) in [6, 6.07) is 2.31. The standard InChI is InChI=1S/C5H8N2.C2H5NO2/c6-4-5-2-1-3-7-5;3-1-2(4)5/h5,7H,1-3H2;1,3H2,(H,4,5). The van der Waals surface area contributed by atoms with E-state index in [1.807, 2.05) is 0 Å². The SMILES string of the molecule is N#CC1CCCN1.NCC(=O)O. The first kappa shape index (κ1) is 10.9. The van der Waals surface area contributed by atoms with Crippen LogP contribution in [0.5, 0.6) is 0 Å². The first-order chi connectivity index (χ1) is 5.70. The molecular formula is C7H13N3O2. The van der Waals surface area contributed by atoms with E-state index in [0.717, 1.165) is 19.4 Å². The van der Waals surface area contributed by atoms with E-state index in [2.05, 4.69) is 17.1 Å². The second-order valence-electron chi connectivity index (χ2n) is 2.38. The Morgan fingerprint density at radius 3 is 2.58 bits per heavy atom. The predicted octanol–water partition coefficient (Wildman–Crippen LogP) is -0.708. The Kier molecular flexibility index (Phi) is 5.97. The molecule has 0 bridgehead atoms. The molecule has 0 aromatic carbocycles. The molecule has 4 N–H and O–H groups in total. The molecule has 0 radical (unpaired) electrons. The molecule has 1 unspecified atom stereocenters. The Morgan fingerprint density at radius 1 is 1.83 bits per heavy atom. The van der Waals surface area contributed by atoms with Crippen LogP contribution in [0.4, 0.5) is 0 Å². The van der Waals surface area contributed by atoms with E-state index in [4.69, 9.17) is 10.4 Å². The topological polar surface area (TPSA) is 99.1 Å². The van der Waals surface area contributed by atoms with Crippen LogP contribution in [0.2, 0.25) is 0 Å². The van der Waals surface area contributed by atoms with Crippen molar-refractivity contribution >= 4 is 5.97 Å². The zero-order valence-corrected chi connectivity index (χ0v) is 6.79. The molecule has 1 fully saturated rings. The van der Waals surface area contributed by atoms with Crippen LogP contribution in [0.15, 0.2) is 0 Å². The lowest BCUT2D eigenvalue weighted by Gasteiger charge is -1.91. The van der Waals surface area contributed by atoms with Gasteiger partial charge in [0.1, 0.15) is 0 Å². The van der Waals surface area contributed by atoms with E-state index in [1.54, 1.807) is 0 Å². The van der Waals surface area contributed by atoms with Crippen LogP contribution in [0.25, 0.3) is 0 Å². The summed E-state index contributed by atoms with van der Waals surface area (Å²) < 4.78 is 0. The number of nitrogens with one attached hydrogen (secondary N) is 1. The van der Waals surface area contributed by atoms with Crippen molar-refractivity contribution in [2.45, 2.75) is 18.9 Å². The number of carbonyl (C=O) groups is 1. The number of carboxylic acid groups (broad SMARTS) is 1. The molecular weight excluding hydrogens is 158 g/mol. The van der Waals surface area contributed by atoms with E-state index in [0.29, 0.717) is 0 Å². The Bertz CT molecular complexity index is 170. The van der Waals surface area contributed by atoms with Gasteiger partial charge in [-0.25, -0.2) is 0 Å². The first-order valence-electron chi connectivity index (χ1n) is 3.75. The predicted molar refractivity (Wildman–Crippen MR) is 43.3 cm³/mol. The maximum atomic E-state index is 9.24. The fourth-order valence-electron chi connectivity index (χ4n) is 0.795. The molecule has 0 amide bonds.